The molecular formula is C14H16LiO4P. The van der Waals surface area contributed by atoms with Crippen LogP contribution in [0.3, 0.4) is 0 Å². The first-order valence-corrected chi connectivity index (χ1v) is 7.35. The maximum absolute atomic E-state index is 11.7. The smallest absolute Gasteiger partial charge is 1.00 e. The molecule has 0 unspecified atom stereocenters. The Kier molecular flexibility index (Phi) is 7.26. The van der Waals surface area contributed by atoms with E-state index in [1.54, 1.807) is 0 Å². The quantitative estimate of drug-likeness (QED) is 0.625. The van der Waals surface area contributed by atoms with Gasteiger partial charge in [0.05, 0.1) is 13.2 Å². The monoisotopic (exact) mass is 286 g/mol. The van der Waals surface area contributed by atoms with Gasteiger partial charge in [-0.15, -0.1) is 0 Å². The second-order valence-electron chi connectivity index (χ2n) is 3.99. The number of hydrogen-bond donors (Lipinski definition) is 1. The van der Waals surface area contributed by atoms with E-state index in [1.807, 2.05) is 60.7 Å². The molecule has 0 spiro atoms. The van der Waals surface area contributed by atoms with Gasteiger partial charge in [-0.1, -0.05) is 60.7 Å². The van der Waals surface area contributed by atoms with Crippen LogP contribution in [0.2, 0.25) is 0 Å². The summed E-state index contributed by atoms with van der Waals surface area (Å²) in [6, 6.07) is 18.4. The van der Waals surface area contributed by atoms with E-state index < -0.39 is 7.82 Å². The summed E-state index contributed by atoms with van der Waals surface area (Å²) in [6.07, 6.45) is 0. The van der Waals surface area contributed by atoms with Crippen LogP contribution in [0.25, 0.3) is 0 Å². The van der Waals surface area contributed by atoms with Gasteiger partial charge in [-0.2, -0.15) is 0 Å². The van der Waals surface area contributed by atoms with Crippen molar-refractivity contribution in [2.45, 2.75) is 13.2 Å². The summed E-state index contributed by atoms with van der Waals surface area (Å²) < 4.78 is 21.5. The molecule has 0 bridgehead atoms. The van der Waals surface area contributed by atoms with Crippen molar-refractivity contribution in [2.75, 3.05) is 0 Å². The van der Waals surface area contributed by atoms with Crippen LogP contribution in [0.1, 0.15) is 12.6 Å². The van der Waals surface area contributed by atoms with E-state index in [0.717, 1.165) is 11.1 Å². The molecule has 0 aliphatic heterocycles. The summed E-state index contributed by atoms with van der Waals surface area (Å²) >= 11 is 0. The van der Waals surface area contributed by atoms with Crippen molar-refractivity contribution in [3.8, 4) is 0 Å². The van der Waals surface area contributed by atoms with Crippen molar-refractivity contribution in [1.29, 1.82) is 0 Å². The summed E-state index contributed by atoms with van der Waals surface area (Å²) in [5, 5.41) is 0. The van der Waals surface area contributed by atoms with Gasteiger partial charge in [0.25, 0.3) is 0 Å². The van der Waals surface area contributed by atoms with Gasteiger partial charge >= 0.3 is 26.7 Å². The maximum atomic E-state index is 11.7. The third kappa shape index (κ3) is 6.07. The third-order valence-electron chi connectivity index (χ3n) is 2.47. The molecule has 4 nitrogen and oxygen atoms in total. The predicted molar refractivity (Wildman–Crippen MR) is 73.4 cm³/mol. The van der Waals surface area contributed by atoms with E-state index in [2.05, 4.69) is 0 Å². The fourth-order valence-corrected chi connectivity index (χ4v) is 2.20. The Hall–Kier alpha value is -0.853. The van der Waals surface area contributed by atoms with Crippen molar-refractivity contribution in [1.82, 2.24) is 0 Å². The Bertz CT molecular complexity index is 506. The molecule has 0 atom stereocenters. The first-order valence-electron chi connectivity index (χ1n) is 5.85. The number of rotatable bonds is 6. The first-order chi connectivity index (χ1) is 9.16. The Morgan fingerprint density at radius 3 is 1.55 bits per heavy atom. The summed E-state index contributed by atoms with van der Waals surface area (Å²) in [5.74, 6) is 0. The van der Waals surface area contributed by atoms with Crippen LogP contribution in [0.4, 0.5) is 0 Å². The van der Waals surface area contributed by atoms with Crippen molar-refractivity contribution < 1.29 is 38.8 Å². The fourth-order valence-electron chi connectivity index (χ4n) is 1.50. The number of benzene rings is 2. The Morgan fingerprint density at radius 2 is 1.20 bits per heavy atom. The molecule has 0 radical (unpaired) electrons. The third-order valence-corrected chi connectivity index (χ3v) is 3.39. The molecule has 0 fully saturated rings. The van der Waals surface area contributed by atoms with Crippen LogP contribution in [0.5, 0.6) is 0 Å². The van der Waals surface area contributed by atoms with Gasteiger partial charge in [-0.3, -0.25) is 9.05 Å². The second kappa shape index (κ2) is 8.44. The topological polar surface area (TPSA) is 55.8 Å². The van der Waals surface area contributed by atoms with Crippen molar-refractivity contribution >= 4 is 7.82 Å². The first kappa shape index (κ1) is 17.2. The van der Waals surface area contributed by atoms with Crippen molar-refractivity contribution in [3.63, 3.8) is 0 Å². The molecule has 0 saturated carbocycles. The van der Waals surface area contributed by atoms with E-state index in [4.69, 9.17) is 9.05 Å². The molecule has 0 aromatic heterocycles. The van der Waals surface area contributed by atoms with Gasteiger partial charge in [-0.25, -0.2) is 4.57 Å². The van der Waals surface area contributed by atoms with Crippen LogP contribution in [0, 0.1) is 0 Å². The maximum Gasteiger partial charge on any atom is 1.00 e. The molecule has 0 saturated heterocycles. The van der Waals surface area contributed by atoms with Gasteiger partial charge in [0.2, 0.25) is 0 Å². The Balaban J connectivity index is 0.00000200. The summed E-state index contributed by atoms with van der Waals surface area (Å²) in [6.45, 7) is 0.0901. The van der Waals surface area contributed by atoms with E-state index in [1.165, 1.54) is 0 Å². The van der Waals surface area contributed by atoms with E-state index in [-0.39, 0.29) is 33.5 Å². The molecular weight excluding hydrogens is 270 g/mol. The SMILES string of the molecule is O=P(O)(OCc1ccccc1)OCc1ccccc1.[H-].[Li+]. The van der Waals surface area contributed by atoms with Crippen molar-refractivity contribution in [3.05, 3.63) is 71.8 Å². The van der Waals surface area contributed by atoms with Gasteiger partial charge in [-0.05, 0) is 11.1 Å². The van der Waals surface area contributed by atoms with Crippen molar-refractivity contribution in [2.24, 2.45) is 0 Å². The summed E-state index contributed by atoms with van der Waals surface area (Å²) in [7, 11) is -4.02. The molecule has 0 aliphatic rings. The van der Waals surface area contributed by atoms with E-state index in [0.29, 0.717) is 0 Å². The molecule has 6 heteroatoms. The molecule has 0 amide bonds. The summed E-state index contributed by atoms with van der Waals surface area (Å²) in [4.78, 5) is 9.55. The Labute approximate surface area is 132 Å². The van der Waals surface area contributed by atoms with Crippen LogP contribution in [-0.2, 0) is 26.8 Å². The van der Waals surface area contributed by atoms with E-state index in [9.17, 15) is 9.46 Å². The number of phosphoric acid groups is 1. The average molecular weight is 286 g/mol. The standard InChI is InChI=1S/C14H15O4P.Li.H/c15-19(16,17-11-13-7-3-1-4-8-13)18-12-14-9-5-2-6-10-14;;/h1-10H,11-12H2,(H,15,16);;/q;+1;-1. The van der Waals surface area contributed by atoms with Gasteiger partial charge in [0.15, 0.2) is 0 Å². The second-order valence-corrected chi connectivity index (χ2v) is 5.44. The van der Waals surface area contributed by atoms with Crippen LogP contribution < -0.4 is 18.9 Å². The van der Waals surface area contributed by atoms with Gasteiger partial charge in [0, 0.05) is 0 Å². The van der Waals surface area contributed by atoms with Gasteiger partial charge in [0.1, 0.15) is 0 Å². The zero-order valence-corrected chi connectivity index (χ0v) is 12.2. The minimum atomic E-state index is -4.02. The van der Waals surface area contributed by atoms with Crippen LogP contribution in [0.15, 0.2) is 60.7 Å². The molecule has 20 heavy (non-hydrogen) atoms. The molecule has 0 aliphatic carbocycles. The largest absolute Gasteiger partial charge is 1.00 e. The molecule has 1 N–H and O–H groups in total. The van der Waals surface area contributed by atoms with E-state index >= 15 is 0 Å². The fraction of sp³-hybridized carbons (Fsp3) is 0.143. The van der Waals surface area contributed by atoms with Crippen LogP contribution >= 0.6 is 7.82 Å². The van der Waals surface area contributed by atoms with Crippen LogP contribution in [-0.4, -0.2) is 4.89 Å². The summed E-state index contributed by atoms with van der Waals surface area (Å²) in [5.41, 5.74) is 1.64. The minimum absolute atomic E-state index is 0. The average Bonchev–Trinajstić information content (AvgIpc) is 2.46. The zero-order chi connectivity index (χ0) is 13.6. The zero-order valence-electron chi connectivity index (χ0n) is 12.3. The van der Waals surface area contributed by atoms with Gasteiger partial charge < -0.3 is 6.32 Å². The number of hydrogen-bond acceptors (Lipinski definition) is 3. The Morgan fingerprint density at radius 1 is 0.850 bits per heavy atom. The molecule has 102 valence electrons. The molecule has 2 rings (SSSR count). The predicted octanol–water partition coefficient (Wildman–Crippen LogP) is 0.637. The molecule has 0 heterocycles. The molecule has 2 aromatic rings. The minimum Gasteiger partial charge on any atom is -1.00 e. The molecule has 2 aromatic carbocycles. The normalized spacial score (nSPS) is 10.8. The number of phosphoric ester groups is 1.